The standard InChI is InChI=1S/C14H14INO3/c1-16-13(9-3-5-10(15)6-4-9)11-7-8-12(19-11)14(17)18-2/h3-8,13,16H,1-2H3. The second-order valence-corrected chi connectivity index (χ2v) is 5.21. The number of halogens is 1. The van der Waals surface area contributed by atoms with Gasteiger partial charge in [-0.15, -0.1) is 0 Å². The number of nitrogens with one attached hydrogen (secondary N) is 1. The topological polar surface area (TPSA) is 51.5 Å². The first-order valence-corrected chi connectivity index (χ1v) is 6.84. The number of hydrogen-bond acceptors (Lipinski definition) is 4. The Hall–Kier alpha value is -1.34. The summed E-state index contributed by atoms with van der Waals surface area (Å²) in [5, 5.41) is 3.18. The first-order valence-electron chi connectivity index (χ1n) is 5.76. The molecule has 5 heteroatoms. The Labute approximate surface area is 125 Å². The Balaban J connectivity index is 2.29. The van der Waals surface area contributed by atoms with Crippen LogP contribution in [0.2, 0.25) is 0 Å². The summed E-state index contributed by atoms with van der Waals surface area (Å²) in [4.78, 5) is 11.4. The summed E-state index contributed by atoms with van der Waals surface area (Å²) in [5.74, 6) is 0.427. The summed E-state index contributed by atoms with van der Waals surface area (Å²) < 4.78 is 11.3. The maximum absolute atomic E-state index is 11.4. The molecule has 0 saturated carbocycles. The first-order chi connectivity index (χ1) is 9.15. The Morgan fingerprint density at radius 1 is 1.26 bits per heavy atom. The van der Waals surface area contributed by atoms with Crippen LogP contribution in [0.15, 0.2) is 40.8 Å². The van der Waals surface area contributed by atoms with Crippen molar-refractivity contribution in [2.45, 2.75) is 6.04 Å². The minimum Gasteiger partial charge on any atom is -0.463 e. The highest BCUT2D eigenvalue weighted by Gasteiger charge is 2.18. The summed E-state index contributed by atoms with van der Waals surface area (Å²) in [5.41, 5.74) is 1.08. The molecule has 1 aromatic heterocycles. The van der Waals surface area contributed by atoms with Crippen molar-refractivity contribution < 1.29 is 13.9 Å². The average Bonchev–Trinajstić information content (AvgIpc) is 2.90. The molecule has 0 radical (unpaired) electrons. The first kappa shape index (κ1) is 14.1. The second-order valence-electron chi connectivity index (χ2n) is 3.97. The number of rotatable bonds is 4. The van der Waals surface area contributed by atoms with Crippen LogP contribution in [0.3, 0.4) is 0 Å². The van der Waals surface area contributed by atoms with E-state index in [0.29, 0.717) is 5.76 Å². The third-order valence-corrected chi connectivity index (χ3v) is 3.51. The molecule has 0 fully saturated rings. The van der Waals surface area contributed by atoms with Crippen molar-refractivity contribution >= 4 is 28.6 Å². The summed E-state index contributed by atoms with van der Waals surface area (Å²) in [7, 11) is 3.18. The number of benzene rings is 1. The molecular formula is C14H14INO3. The molecule has 19 heavy (non-hydrogen) atoms. The van der Waals surface area contributed by atoms with Gasteiger partial charge in [0.15, 0.2) is 0 Å². The fourth-order valence-electron chi connectivity index (χ4n) is 1.85. The smallest absolute Gasteiger partial charge is 0.373 e. The highest BCUT2D eigenvalue weighted by molar-refractivity contribution is 14.1. The van der Waals surface area contributed by atoms with Crippen molar-refractivity contribution in [3.63, 3.8) is 0 Å². The van der Waals surface area contributed by atoms with Gasteiger partial charge in [-0.05, 0) is 59.5 Å². The van der Waals surface area contributed by atoms with Crippen LogP contribution in [0, 0.1) is 3.57 Å². The summed E-state index contributed by atoms with van der Waals surface area (Å²) in [6.07, 6.45) is 0. The van der Waals surface area contributed by atoms with E-state index in [1.165, 1.54) is 10.7 Å². The molecule has 1 unspecified atom stereocenters. The van der Waals surface area contributed by atoms with Gasteiger partial charge in [0.05, 0.1) is 13.2 Å². The van der Waals surface area contributed by atoms with Crippen molar-refractivity contribution in [1.82, 2.24) is 5.32 Å². The molecule has 1 N–H and O–H groups in total. The molecule has 1 heterocycles. The van der Waals surface area contributed by atoms with Gasteiger partial charge < -0.3 is 14.5 Å². The Bertz CT molecular complexity index is 562. The monoisotopic (exact) mass is 371 g/mol. The normalized spacial score (nSPS) is 12.2. The average molecular weight is 371 g/mol. The number of carbonyl (C=O) groups is 1. The summed E-state index contributed by atoms with van der Waals surface area (Å²) in [6.45, 7) is 0. The second kappa shape index (κ2) is 6.21. The molecule has 0 aliphatic carbocycles. The van der Waals surface area contributed by atoms with E-state index in [4.69, 9.17) is 4.42 Å². The number of methoxy groups -OCH3 is 1. The third-order valence-electron chi connectivity index (χ3n) is 2.79. The van der Waals surface area contributed by atoms with Gasteiger partial charge in [-0.2, -0.15) is 0 Å². The van der Waals surface area contributed by atoms with Gasteiger partial charge in [-0.1, -0.05) is 12.1 Å². The third kappa shape index (κ3) is 3.16. The molecule has 1 aromatic carbocycles. The van der Waals surface area contributed by atoms with Gasteiger partial charge in [0.1, 0.15) is 5.76 Å². The van der Waals surface area contributed by atoms with E-state index in [-0.39, 0.29) is 11.8 Å². The Morgan fingerprint density at radius 3 is 2.53 bits per heavy atom. The van der Waals surface area contributed by atoms with E-state index in [1.807, 2.05) is 31.3 Å². The lowest BCUT2D eigenvalue weighted by atomic mass is 10.1. The molecule has 100 valence electrons. The minimum atomic E-state index is -0.469. The Kier molecular flexibility index (Phi) is 4.60. The largest absolute Gasteiger partial charge is 0.463 e. The van der Waals surface area contributed by atoms with Crippen LogP contribution >= 0.6 is 22.6 Å². The molecule has 2 aromatic rings. The van der Waals surface area contributed by atoms with E-state index in [0.717, 1.165) is 5.56 Å². The van der Waals surface area contributed by atoms with Crippen molar-refractivity contribution in [3.05, 3.63) is 57.1 Å². The maximum atomic E-state index is 11.4. The lowest BCUT2D eigenvalue weighted by Crippen LogP contribution is -2.17. The molecule has 0 aliphatic rings. The SMILES string of the molecule is CNC(c1ccc(I)cc1)c1ccc(C(=O)OC)o1. The number of furan rings is 1. The van der Waals surface area contributed by atoms with E-state index >= 15 is 0 Å². The lowest BCUT2D eigenvalue weighted by Gasteiger charge is -2.14. The minimum absolute atomic E-state index is 0.0876. The van der Waals surface area contributed by atoms with Crippen molar-refractivity contribution in [2.75, 3.05) is 14.2 Å². The highest BCUT2D eigenvalue weighted by atomic mass is 127. The molecule has 0 aliphatic heterocycles. The van der Waals surface area contributed by atoms with E-state index < -0.39 is 5.97 Å². The predicted octanol–water partition coefficient (Wildman–Crippen LogP) is 2.98. The van der Waals surface area contributed by atoms with Gasteiger partial charge in [-0.25, -0.2) is 4.79 Å². The van der Waals surface area contributed by atoms with Crippen molar-refractivity contribution in [1.29, 1.82) is 0 Å². The van der Waals surface area contributed by atoms with Crippen molar-refractivity contribution in [3.8, 4) is 0 Å². The van der Waals surface area contributed by atoms with Gasteiger partial charge in [0.25, 0.3) is 0 Å². The zero-order chi connectivity index (χ0) is 13.8. The van der Waals surface area contributed by atoms with Crippen LogP contribution in [0.1, 0.15) is 27.9 Å². The van der Waals surface area contributed by atoms with Gasteiger partial charge in [0.2, 0.25) is 5.76 Å². The van der Waals surface area contributed by atoms with Gasteiger partial charge in [0, 0.05) is 3.57 Å². The molecule has 2 rings (SSSR count). The zero-order valence-electron chi connectivity index (χ0n) is 10.6. The van der Waals surface area contributed by atoms with E-state index in [1.54, 1.807) is 12.1 Å². The number of esters is 1. The predicted molar refractivity (Wildman–Crippen MR) is 80.1 cm³/mol. The van der Waals surface area contributed by atoms with Crippen LogP contribution < -0.4 is 5.32 Å². The quantitative estimate of drug-likeness (QED) is 0.663. The van der Waals surface area contributed by atoms with Crippen LogP contribution in [-0.2, 0) is 4.74 Å². The molecular weight excluding hydrogens is 357 g/mol. The fourth-order valence-corrected chi connectivity index (χ4v) is 2.21. The number of ether oxygens (including phenoxy) is 1. The number of hydrogen-bond donors (Lipinski definition) is 1. The van der Waals surface area contributed by atoms with E-state index in [2.05, 4.69) is 32.6 Å². The maximum Gasteiger partial charge on any atom is 0.373 e. The zero-order valence-corrected chi connectivity index (χ0v) is 12.8. The molecule has 0 bridgehead atoms. The Morgan fingerprint density at radius 2 is 1.95 bits per heavy atom. The molecule has 0 spiro atoms. The van der Waals surface area contributed by atoms with Gasteiger partial charge in [-0.3, -0.25) is 0 Å². The van der Waals surface area contributed by atoms with E-state index in [9.17, 15) is 4.79 Å². The van der Waals surface area contributed by atoms with Gasteiger partial charge >= 0.3 is 5.97 Å². The fraction of sp³-hybridized carbons (Fsp3) is 0.214. The summed E-state index contributed by atoms with van der Waals surface area (Å²) >= 11 is 2.26. The van der Waals surface area contributed by atoms with Crippen LogP contribution in [0.25, 0.3) is 0 Å². The molecule has 1 atom stereocenters. The van der Waals surface area contributed by atoms with Crippen LogP contribution in [0.4, 0.5) is 0 Å². The van der Waals surface area contributed by atoms with Crippen LogP contribution in [-0.4, -0.2) is 20.1 Å². The number of carbonyl (C=O) groups excluding carboxylic acids is 1. The summed E-state index contributed by atoms with van der Waals surface area (Å²) in [6, 6.07) is 11.4. The van der Waals surface area contributed by atoms with Crippen molar-refractivity contribution in [2.24, 2.45) is 0 Å². The van der Waals surface area contributed by atoms with Crippen LogP contribution in [0.5, 0.6) is 0 Å². The lowest BCUT2D eigenvalue weighted by molar-refractivity contribution is 0.0562. The molecule has 4 nitrogen and oxygen atoms in total. The molecule has 0 saturated heterocycles. The molecule has 0 amide bonds. The highest BCUT2D eigenvalue weighted by Crippen LogP contribution is 2.24.